The van der Waals surface area contributed by atoms with Gasteiger partial charge in [-0.25, -0.2) is 0 Å². The summed E-state index contributed by atoms with van der Waals surface area (Å²) in [6.07, 6.45) is 1.09. The highest BCUT2D eigenvalue weighted by Crippen LogP contribution is 2.24. The van der Waals surface area contributed by atoms with Gasteiger partial charge >= 0.3 is 0 Å². The summed E-state index contributed by atoms with van der Waals surface area (Å²) in [5.41, 5.74) is 5.41. The van der Waals surface area contributed by atoms with Gasteiger partial charge in [0.15, 0.2) is 0 Å². The molecule has 0 bridgehead atoms. The van der Waals surface area contributed by atoms with E-state index < -0.39 is 0 Å². The van der Waals surface area contributed by atoms with Crippen LogP contribution >= 0.6 is 0 Å². The van der Waals surface area contributed by atoms with Crippen LogP contribution in [0.2, 0.25) is 0 Å². The molecular formula is C9H16N4O2. The smallest absolute Gasteiger partial charge is 0.260 e. The summed E-state index contributed by atoms with van der Waals surface area (Å²) in [6, 6.07) is 0.254. The Morgan fingerprint density at radius 2 is 2.40 bits per heavy atom. The summed E-state index contributed by atoms with van der Waals surface area (Å²) in [4.78, 5) is 4.03. The second-order valence-corrected chi connectivity index (χ2v) is 3.70. The number of nitrogen functional groups attached to an aromatic ring is 1. The fraction of sp³-hybridized carbons (Fsp3) is 0.778. The first-order valence-electron chi connectivity index (χ1n) is 5.21. The van der Waals surface area contributed by atoms with E-state index >= 15 is 0 Å². The molecule has 1 saturated heterocycles. The maximum absolute atomic E-state index is 5.41. The zero-order valence-corrected chi connectivity index (χ0v) is 8.77. The van der Waals surface area contributed by atoms with Crippen molar-refractivity contribution in [3.63, 3.8) is 0 Å². The third kappa shape index (κ3) is 2.27. The normalized spacial score (nSPS) is 25.9. The fourth-order valence-corrected chi connectivity index (χ4v) is 1.73. The molecule has 2 unspecified atom stereocenters. The predicted octanol–water partition coefficient (Wildman–Crippen LogP) is 0.134. The van der Waals surface area contributed by atoms with Crippen molar-refractivity contribution in [2.75, 3.05) is 25.5 Å². The molecule has 0 amide bonds. The van der Waals surface area contributed by atoms with Gasteiger partial charge in [-0.15, -0.1) is 0 Å². The van der Waals surface area contributed by atoms with Crippen molar-refractivity contribution in [2.24, 2.45) is 0 Å². The zero-order valence-electron chi connectivity index (χ0n) is 8.77. The molecule has 0 spiro atoms. The van der Waals surface area contributed by atoms with Crippen LogP contribution in [0.25, 0.3) is 0 Å². The quantitative estimate of drug-likeness (QED) is 0.738. The van der Waals surface area contributed by atoms with Crippen LogP contribution in [0.1, 0.15) is 25.2 Å². The van der Waals surface area contributed by atoms with Crippen molar-refractivity contribution in [2.45, 2.75) is 25.3 Å². The van der Waals surface area contributed by atoms with Crippen molar-refractivity contribution in [1.29, 1.82) is 0 Å². The molecule has 0 aliphatic carbocycles. The van der Waals surface area contributed by atoms with Crippen LogP contribution in [-0.4, -0.2) is 35.9 Å². The predicted molar refractivity (Wildman–Crippen MR) is 54.4 cm³/mol. The molecule has 0 aromatic carbocycles. The van der Waals surface area contributed by atoms with Crippen molar-refractivity contribution in [3.05, 3.63) is 5.89 Å². The van der Waals surface area contributed by atoms with Gasteiger partial charge < -0.3 is 20.3 Å². The lowest BCUT2D eigenvalue weighted by atomic mass is 10.0. The van der Waals surface area contributed by atoms with E-state index in [1.54, 1.807) is 0 Å². The Morgan fingerprint density at radius 1 is 1.53 bits per heavy atom. The average Bonchev–Trinajstić information content (AvgIpc) is 2.82. The highest BCUT2D eigenvalue weighted by molar-refractivity contribution is 5.14. The minimum absolute atomic E-state index is 0.126. The lowest BCUT2D eigenvalue weighted by Crippen LogP contribution is -2.34. The number of nitrogens with two attached hydrogens (primary N) is 1. The number of hydrogen-bond acceptors (Lipinski definition) is 6. The first-order valence-corrected chi connectivity index (χ1v) is 5.21. The number of anilines is 1. The molecule has 0 radical (unpaired) electrons. The molecule has 84 valence electrons. The first-order chi connectivity index (χ1) is 7.31. The number of ether oxygens (including phenoxy) is 1. The Bertz CT molecular complexity index is 315. The van der Waals surface area contributed by atoms with Crippen LogP contribution in [-0.2, 0) is 4.74 Å². The van der Waals surface area contributed by atoms with E-state index in [0.717, 1.165) is 13.0 Å². The van der Waals surface area contributed by atoms with Crippen LogP contribution in [0.3, 0.4) is 0 Å². The van der Waals surface area contributed by atoms with Gasteiger partial charge in [-0.1, -0.05) is 6.92 Å². The topological polar surface area (TPSA) is 86.2 Å². The number of nitrogens with zero attached hydrogens (tertiary/aromatic N) is 2. The highest BCUT2D eigenvalue weighted by atomic mass is 16.5. The molecule has 2 rings (SSSR count). The highest BCUT2D eigenvalue weighted by Gasteiger charge is 2.33. The minimum Gasteiger partial charge on any atom is -0.379 e. The molecular weight excluding hydrogens is 196 g/mol. The summed E-state index contributed by atoms with van der Waals surface area (Å²) in [5.74, 6) is 0.881. The largest absolute Gasteiger partial charge is 0.379 e. The van der Waals surface area contributed by atoms with E-state index in [9.17, 15) is 0 Å². The third-order valence-corrected chi connectivity index (χ3v) is 2.51. The molecule has 6 nitrogen and oxygen atoms in total. The molecule has 1 aromatic rings. The monoisotopic (exact) mass is 212 g/mol. The summed E-state index contributed by atoms with van der Waals surface area (Å²) < 4.78 is 10.5. The number of aromatic nitrogens is 2. The van der Waals surface area contributed by atoms with Gasteiger partial charge in [0.1, 0.15) is 0 Å². The summed E-state index contributed by atoms with van der Waals surface area (Å²) >= 11 is 0. The molecule has 15 heavy (non-hydrogen) atoms. The van der Waals surface area contributed by atoms with E-state index in [4.69, 9.17) is 15.0 Å². The SMILES string of the molecule is CCCNC1COCC1c1nc(N)no1. The molecule has 6 heteroatoms. The average molecular weight is 212 g/mol. The lowest BCUT2D eigenvalue weighted by Gasteiger charge is -2.14. The molecule has 2 heterocycles. The summed E-state index contributed by atoms with van der Waals surface area (Å²) in [5, 5.41) is 6.98. The molecule has 1 aromatic heterocycles. The number of rotatable bonds is 4. The summed E-state index contributed by atoms with van der Waals surface area (Å²) in [6.45, 7) is 4.40. The van der Waals surface area contributed by atoms with Crippen LogP contribution < -0.4 is 11.1 Å². The van der Waals surface area contributed by atoms with Crippen LogP contribution in [0.15, 0.2) is 4.52 Å². The third-order valence-electron chi connectivity index (χ3n) is 2.51. The Balaban J connectivity index is 2.01. The standard InChI is InChI=1S/C9H16N4O2/c1-2-3-11-7-5-14-4-6(7)8-12-9(10)13-15-8/h6-7,11H,2-5H2,1H3,(H2,10,13). The van der Waals surface area contributed by atoms with Crippen molar-refractivity contribution < 1.29 is 9.26 Å². The van der Waals surface area contributed by atoms with E-state index in [1.807, 2.05) is 0 Å². The molecule has 1 aliphatic heterocycles. The van der Waals surface area contributed by atoms with Gasteiger partial charge in [-0.05, 0) is 18.1 Å². The van der Waals surface area contributed by atoms with Gasteiger partial charge in [0.25, 0.3) is 5.95 Å². The van der Waals surface area contributed by atoms with Gasteiger partial charge in [0.05, 0.1) is 19.1 Å². The Hall–Kier alpha value is -1.14. The molecule has 1 aliphatic rings. The van der Waals surface area contributed by atoms with Gasteiger partial charge in [-0.2, -0.15) is 4.98 Å². The fourth-order valence-electron chi connectivity index (χ4n) is 1.73. The van der Waals surface area contributed by atoms with E-state index in [1.165, 1.54) is 0 Å². The number of nitrogens with one attached hydrogen (secondary N) is 1. The maximum atomic E-state index is 5.41. The van der Waals surface area contributed by atoms with Gasteiger partial charge in [-0.3, -0.25) is 0 Å². The Morgan fingerprint density at radius 3 is 3.07 bits per heavy atom. The molecule has 0 saturated carbocycles. The second kappa shape index (κ2) is 4.59. The Kier molecular flexibility index (Phi) is 3.17. The van der Waals surface area contributed by atoms with Crippen molar-refractivity contribution in [1.82, 2.24) is 15.5 Å². The van der Waals surface area contributed by atoms with Crippen LogP contribution in [0.4, 0.5) is 5.95 Å². The molecule has 1 fully saturated rings. The van der Waals surface area contributed by atoms with Crippen molar-refractivity contribution in [3.8, 4) is 0 Å². The molecule has 3 N–H and O–H groups in total. The minimum atomic E-state index is 0.126. The van der Waals surface area contributed by atoms with Crippen LogP contribution in [0.5, 0.6) is 0 Å². The second-order valence-electron chi connectivity index (χ2n) is 3.70. The zero-order chi connectivity index (χ0) is 10.7. The van der Waals surface area contributed by atoms with Gasteiger partial charge in [0.2, 0.25) is 5.89 Å². The lowest BCUT2D eigenvalue weighted by molar-refractivity contribution is 0.184. The summed E-state index contributed by atoms with van der Waals surface area (Å²) in [7, 11) is 0. The van der Waals surface area contributed by atoms with E-state index in [0.29, 0.717) is 19.1 Å². The van der Waals surface area contributed by atoms with E-state index in [2.05, 4.69) is 22.4 Å². The van der Waals surface area contributed by atoms with E-state index in [-0.39, 0.29) is 17.9 Å². The van der Waals surface area contributed by atoms with Gasteiger partial charge in [0, 0.05) is 6.04 Å². The maximum Gasteiger partial charge on any atom is 0.260 e. The van der Waals surface area contributed by atoms with Crippen LogP contribution in [0, 0.1) is 0 Å². The molecule has 2 atom stereocenters. The number of hydrogen-bond donors (Lipinski definition) is 2. The first kappa shape index (κ1) is 10.4. The van der Waals surface area contributed by atoms with Crippen molar-refractivity contribution >= 4 is 5.95 Å². The Labute approximate surface area is 88.2 Å².